The lowest BCUT2D eigenvalue weighted by Crippen LogP contribution is -1.84. The first kappa shape index (κ1) is 12.8. The van der Waals surface area contributed by atoms with Crippen molar-refractivity contribution in [2.24, 2.45) is 21.9 Å². The van der Waals surface area contributed by atoms with Gasteiger partial charge in [0.1, 0.15) is 11.3 Å². The van der Waals surface area contributed by atoms with Crippen molar-refractivity contribution >= 4 is 23.4 Å². The number of nitrogens with two attached hydrogens (primary N) is 2. The van der Waals surface area contributed by atoms with Crippen LogP contribution in [-0.4, -0.2) is 12.4 Å². The van der Waals surface area contributed by atoms with Gasteiger partial charge in [0, 0.05) is 5.39 Å². The van der Waals surface area contributed by atoms with Crippen LogP contribution in [0, 0.1) is 0 Å². The van der Waals surface area contributed by atoms with Crippen LogP contribution in [0.4, 0.5) is 0 Å². The van der Waals surface area contributed by atoms with Gasteiger partial charge in [0.2, 0.25) is 0 Å². The molecule has 0 unspecified atom stereocenters. The molecule has 0 fully saturated rings. The van der Waals surface area contributed by atoms with Gasteiger partial charge in [-0.1, -0.05) is 13.8 Å². The minimum atomic E-state index is 0.620. The normalized spacial score (nSPS) is 10.9. The van der Waals surface area contributed by atoms with E-state index in [0.717, 1.165) is 16.5 Å². The van der Waals surface area contributed by atoms with Crippen LogP contribution in [0.15, 0.2) is 38.9 Å². The van der Waals surface area contributed by atoms with Gasteiger partial charge in [-0.05, 0) is 29.8 Å². The summed E-state index contributed by atoms with van der Waals surface area (Å²) in [6.45, 7) is 4.00. The van der Waals surface area contributed by atoms with Gasteiger partial charge >= 0.3 is 0 Å². The van der Waals surface area contributed by atoms with Crippen LogP contribution < -0.4 is 11.7 Å². The number of hydrogen-bond donors (Lipinski definition) is 2. The largest absolute Gasteiger partial charge is 0.455 e. The molecule has 0 aliphatic heterocycles. The Kier molecular flexibility index (Phi) is 4.75. The summed E-state index contributed by atoms with van der Waals surface area (Å²) >= 11 is 0. The van der Waals surface area contributed by atoms with Crippen LogP contribution in [0.5, 0.6) is 0 Å². The number of hydrogen-bond acceptors (Lipinski definition) is 5. The minimum absolute atomic E-state index is 0.620. The topological polar surface area (TPSA) is 89.9 Å². The first-order valence-electron chi connectivity index (χ1n) is 5.33. The number of hydrazone groups is 2. The van der Waals surface area contributed by atoms with E-state index in [4.69, 9.17) is 16.1 Å². The summed E-state index contributed by atoms with van der Waals surface area (Å²) in [5, 5.41) is 7.81. The van der Waals surface area contributed by atoms with Crippen LogP contribution >= 0.6 is 0 Å². The van der Waals surface area contributed by atoms with E-state index in [1.165, 1.54) is 6.21 Å². The zero-order valence-corrected chi connectivity index (χ0v) is 9.92. The molecule has 1 aromatic carbocycles. The predicted molar refractivity (Wildman–Crippen MR) is 71.1 cm³/mol. The Labute approximate surface area is 99.8 Å². The molecule has 90 valence electrons. The van der Waals surface area contributed by atoms with Crippen molar-refractivity contribution in [2.45, 2.75) is 13.8 Å². The average Bonchev–Trinajstić information content (AvgIpc) is 2.74. The Morgan fingerprint density at radius 3 is 2.41 bits per heavy atom. The summed E-state index contributed by atoms with van der Waals surface area (Å²) < 4.78 is 5.44. The van der Waals surface area contributed by atoms with Crippen LogP contribution in [0.25, 0.3) is 11.0 Å². The third-order valence-corrected chi connectivity index (χ3v) is 1.98. The summed E-state index contributed by atoms with van der Waals surface area (Å²) in [5.41, 5.74) is 1.70. The molecule has 1 heterocycles. The fraction of sp³-hybridized carbons (Fsp3) is 0.167. The molecule has 0 atom stereocenters. The molecule has 0 bridgehead atoms. The highest BCUT2D eigenvalue weighted by Gasteiger charge is 2.01. The molecule has 0 saturated heterocycles. The van der Waals surface area contributed by atoms with Crippen LogP contribution in [0.1, 0.15) is 25.2 Å². The summed E-state index contributed by atoms with van der Waals surface area (Å²) in [4.78, 5) is 0. The lowest BCUT2D eigenvalue weighted by molar-refractivity contribution is 0.607. The maximum absolute atomic E-state index is 5.44. The Bertz CT molecular complexity index is 518. The van der Waals surface area contributed by atoms with Gasteiger partial charge in [-0.25, -0.2) is 0 Å². The molecule has 0 amide bonds. The number of rotatable bonds is 2. The van der Waals surface area contributed by atoms with Crippen molar-refractivity contribution in [2.75, 3.05) is 0 Å². The molecule has 5 heteroatoms. The van der Waals surface area contributed by atoms with E-state index in [0.29, 0.717) is 5.76 Å². The third-order valence-electron chi connectivity index (χ3n) is 1.98. The second-order valence-electron chi connectivity index (χ2n) is 3.00. The molecule has 17 heavy (non-hydrogen) atoms. The molecule has 5 nitrogen and oxygen atoms in total. The summed E-state index contributed by atoms with van der Waals surface area (Å²) in [7, 11) is 0. The van der Waals surface area contributed by atoms with E-state index in [2.05, 4.69) is 10.2 Å². The molecule has 0 saturated carbocycles. The van der Waals surface area contributed by atoms with Gasteiger partial charge in [-0.3, -0.25) is 0 Å². The SMILES string of the molecule is CC.NN=Cc1ccc2oc(/C=N\N)cc2c1. The van der Waals surface area contributed by atoms with Gasteiger partial charge < -0.3 is 16.1 Å². The second kappa shape index (κ2) is 6.32. The first-order valence-corrected chi connectivity index (χ1v) is 5.33. The Balaban J connectivity index is 0.000000686. The van der Waals surface area contributed by atoms with Crippen molar-refractivity contribution in [1.29, 1.82) is 0 Å². The molecule has 0 spiro atoms. The standard InChI is InChI=1S/C10H10N4O.C2H6/c11-13-5-7-1-2-10-8(3-7)4-9(15-10)6-14-12;1-2/h1-6H,11-12H2;1-2H3/b13-5?,14-6-;. The number of benzene rings is 1. The third kappa shape index (κ3) is 3.07. The zero-order valence-electron chi connectivity index (χ0n) is 9.92. The van der Waals surface area contributed by atoms with E-state index in [1.807, 2.05) is 38.1 Å². The van der Waals surface area contributed by atoms with E-state index < -0.39 is 0 Å². The van der Waals surface area contributed by atoms with Crippen LogP contribution in [0.2, 0.25) is 0 Å². The van der Waals surface area contributed by atoms with Crippen molar-refractivity contribution in [1.82, 2.24) is 0 Å². The quantitative estimate of drug-likeness (QED) is 0.471. The van der Waals surface area contributed by atoms with Crippen molar-refractivity contribution in [3.63, 3.8) is 0 Å². The lowest BCUT2D eigenvalue weighted by atomic mass is 10.2. The fourth-order valence-corrected chi connectivity index (χ4v) is 1.39. The molecule has 2 rings (SSSR count). The maximum atomic E-state index is 5.44. The van der Waals surface area contributed by atoms with Crippen molar-refractivity contribution in [3.05, 3.63) is 35.6 Å². The zero-order chi connectivity index (χ0) is 12.7. The highest BCUT2D eigenvalue weighted by Crippen LogP contribution is 2.19. The van der Waals surface area contributed by atoms with E-state index in [1.54, 1.807) is 6.21 Å². The molecular weight excluding hydrogens is 216 g/mol. The minimum Gasteiger partial charge on any atom is -0.455 e. The average molecular weight is 232 g/mol. The molecule has 0 aliphatic rings. The maximum Gasteiger partial charge on any atom is 0.148 e. The van der Waals surface area contributed by atoms with Gasteiger partial charge in [-0.2, -0.15) is 10.2 Å². The smallest absolute Gasteiger partial charge is 0.148 e. The lowest BCUT2D eigenvalue weighted by Gasteiger charge is -1.90. The van der Waals surface area contributed by atoms with Gasteiger partial charge in [0.15, 0.2) is 0 Å². The highest BCUT2D eigenvalue weighted by molar-refractivity contribution is 5.91. The molecule has 2 aromatic rings. The summed E-state index contributed by atoms with van der Waals surface area (Å²) in [6.07, 6.45) is 3.03. The monoisotopic (exact) mass is 232 g/mol. The van der Waals surface area contributed by atoms with Crippen LogP contribution in [-0.2, 0) is 0 Å². The fourth-order valence-electron chi connectivity index (χ4n) is 1.39. The predicted octanol–water partition coefficient (Wildman–Crippen LogP) is 2.04. The van der Waals surface area contributed by atoms with Crippen LogP contribution in [0.3, 0.4) is 0 Å². The van der Waals surface area contributed by atoms with E-state index in [9.17, 15) is 0 Å². The molecule has 0 radical (unpaired) electrons. The highest BCUT2D eigenvalue weighted by atomic mass is 16.3. The summed E-state index contributed by atoms with van der Waals surface area (Å²) in [5.74, 6) is 10.7. The van der Waals surface area contributed by atoms with Gasteiger partial charge in [0.25, 0.3) is 0 Å². The summed E-state index contributed by atoms with van der Waals surface area (Å²) in [6, 6.07) is 7.48. The van der Waals surface area contributed by atoms with Crippen molar-refractivity contribution < 1.29 is 4.42 Å². The Morgan fingerprint density at radius 1 is 1.06 bits per heavy atom. The molecule has 1 aromatic heterocycles. The van der Waals surface area contributed by atoms with Crippen molar-refractivity contribution in [3.8, 4) is 0 Å². The Morgan fingerprint density at radius 2 is 1.76 bits per heavy atom. The number of furan rings is 1. The number of fused-ring (bicyclic) bond motifs is 1. The van der Waals surface area contributed by atoms with Gasteiger partial charge in [0.05, 0.1) is 12.4 Å². The molecule has 4 N–H and O–H groups in total. The number of nitrogens with zero attached hydrogens (tertiary/aromatic N) is 2. The Hall–Kier alpha value is -2.30. The molecular formula is C12H16N4O. The second-order valence-corrected chi connectivity index (χ2v) is 3.00. The molecule has 0 aliphatic carbocycles. The first-order chi connectivity index (χ1) is 8.33. The van der Waals surface area contributed by atoms with Gasteiger partial charge in [-0.15, -0.1) is 0 Å². The van der Waals surface area contributed by atoms with E-state index >= 15 is 0 Å². The van der Waals surface area contributed by atoms with E-state index in [-0.39, 0.29) is 0 Å².